The van der Waals surface area contributed by atoms with E-state index < -0.39 is 0 Å². The molecule has 0 saturated carbocycles. The predicted molar refractivity (Wildman–Crippen MR) is 80.7 cm³/mol. The lowest BCUT2D eigenvalue weighted by molar-refractivity contribution is 0.547. The molecule has 0 aromatic heterocycles. The average Bonchev–Trinajstić information content (AvgIpc) is 2.42. The van der Waals surface area contributed by atoms with Crippen LogP contribution in [0.1, 0.15) is 76.0 Å². The van der Waals surface area contributed by atoms with Crippen molar-refractivity contribution in [2.45, 2.75) is 71.3 Å². The Bertz CT molecular complexity index is 319. The van der Waals surface area contributed by atoms with E-state index in [1.165, 1.54) is 49.7 Å². The maximum Gasteiger partial charge on any atom is 0.0294 e. The number of unbranched alkanes of at least 4 members (excludes halogenated alkanes) is 5. The van der Waals surface area contributed by atoms with Crippen LogP contribution in [0, 0.1) is 0 Å². The first-order valence-corrected chi connectivity index (χ1v) is 7.62. The van der Waals surface area contributed by atoms with Gasteiger partial charge in [-0.15, -0.1) is 0 Å². The van der Waals surface area contributed by atoms with Crippen LogP contribution in [0.25, 0.3) is 0 Å². The molecule has 0 fully saturated rings. The topological polar surface area (TPSA) is 26.0 Å². The molecule has 1 atom stereocenters. The average molecular weight is 247 g/mol. The SMILES string of the molecule is CCCCCCCCC(N)c1cccc(CC)c1. The molecule has 1 aromatic carbocycles. The summed E-state index contributed by atoms with van der Waals surface area (Å²) in [5, 5.41) is 0. The van der Waals surface area contributed by atoms with Crippen molar-refractivity contribution in [2.75, 3.05) is 0 Å². The second-order valence-corrected chi connectivity index (χ2v) is 5.26. The molecule has 0 saturated heterocycles. The second-order valence-electron chi connectivity index (χ2n) is 5.26. The van der Waals surface area contributed by atoms with Gasteiger partial charge in [-0.25, -0.2) is 0 Å². The lowest BCUT2D eigenvalue weighted by Crippen LogP contribution is -2.10. The fourth-order valence-corrected chi connectivity index (χ4v) is 2.35. The zero-order valence-corrected chi connectivity index (χ0v) is 12.1. The maximum absolute atomic E-state index is 6.26. The highest BCUT2D eigenvalue weighted by molar-refractivity contribution is 5.25. The number of aryl methyl sites for hydroxylation is 1. The van der Waals surface area contributed by atoms with Crippen LogP contribution in [0.3, 0.4) is 0 Å². The zero-order chi connectivity index (χ0) is 13.2. The predicted octanol–water partition coefficient (Wildman–Crippen LogP) is 5.00. The Morgan fingerprint density at radius 2 is 1.72 bits per heavy atom. The number of nitrogens with two attached hydrogens (primary N) is 1. The van der Waals surface area contributed by atoms with Gasteiger partial charge in [-0.1, -0.05) is 76.6 Å². The van der Waals surface area contributed by atoms with Crippen LogP contribution >= 0.6 is 0 Å². The van der Waals surface area contributed by atoms with Crippen molar-refractivity contribution in [3.63, 3.8) is 0 Å². The second kappa shape index (κ2) is 9.16. The Balaban J connectivity index is 2.25. The minimum atomic E-state index is 0.225. The summed E-state index contributed by atoms with van der Waals surface area (Å²) >= 11 is 0. The van der Waals surface area contributed by atoms with Gasteiger partial charge in [0.2, 0.25) is 0 Å². The molecule has 0 bridgehead atoms. The van der Waals surface area contributed by atoms with Gasteiger partial charge in [-0.3, -0.25) is 0 Å². The van der Waals surface area contributed by atoms with Crippen LogP contribution in [-0.2, 0) is 6.42 Å². The quantitative estimate of drug-likeness (QED) is 0.611. The number of benzene rings is 1. The Hall–Kier alpha value is -0.820. The molecule has 18 heavy (non-hydrogen) atoms. The molecule has 0 amide bonds. The van der Waals surface area contributed by atoms with E-state index in [0.29, 0.717) is 0 Å². The van der Waals surface area contributed by atoms with E-state index in [0.717, 1.165) is 12.8 Å². The first-order valence-electron chi connectivity index (χ1n) is 7.62. The zero-order valence-electron chi connectivity index (χ0n) is 12.1. The molecule has 0 aliphatic heterocycles. The Labute approximate surface area is 113 Å². The molecule has 0 aliphatic rings. The summed E-state index contributed by atoms with van der Waals surface area (Å²) in [6.07, 6.45) is 10.3. The van der Waals surface area contributed by atoms with E-state index in [1.807, 2.05) is 0 Å². The fourth-order valence-electron chi connectivity index (χ4n) is 2.35. The Kier molecular flexibility index (Phi) is 7.75. The van der Waals surface area contributed by atoms with Gasteiger partial charge in [-0.05, 0) is 24.0 Å². The van der Waals surface area contributed by atoms with Gasteiger partial charge in [0.1, 0.15) is 0 Å². The molecule has 1 nitrogen and oxygen atoms in total. The van der Waals surface area contributed by atoms with E-state index in [4.69, 9.17) is 5.73 Å². The lowest BCUT2D eigenvalue weighted by Gasteiger charge is -2.13. The van der Waals surface area contributed by atoms with Crippen LogP contribution in [0.5, 0.6) is 0 Å². The summed E-state index contributed by atoms with van der Waals surface area (Å²) < 4.78 is 0. The molecule has 0 spiro atoms. The van der Waals surface area contributed by atoms with E-state index in [-0.39, 0.29) is 6.04 Å². The van der Waals surface area contributed by atoms with E-state index in [1.54, 1.807) is 0 Å². The summed E-state index contributed by atoms with van der Waals surface area (Å²) in [5.74, 6) is 0. The largest absolute Gasteiger partial charge is 0.324 e. The van der Waals surface area contributed by atoms with E-state index in [9.17, 15) is 0 Å². The first-order chi connectivity index (χ1) is 8.77. The van der Waals surface area contributed by atoms with Crippen molar-refractivity contribution < 1.29 is 0 Å². The van der Waals surface area contributed by atoms with Crippen LogP contribution in [0.2, 0.25) is 0 Å². The van der Waals surface area contributed by atoms with Gasteiger partial charge in [0, 0.05) is 6.04 Å². The van der Waals surface area contributed by atoms with E-state index in [2.05, 4.69) is 38.1 Å². The fraction of sp³-hybridized carbons (Fsp3) is 0.647. The Morgan fingerprint density at radius 1 is 1.00 bits per heavy atom. The summed E-state index contributed by atoms with van der Waals surface area (Å²) in [6.45, 7) is 4.45. The highest BCUT2D eigenvalue weighted by Gasteiger charge is 2.05. The van der Waals surface area contributed by atoms with Crippen molar-refractivity contribution >= 4 is 0 Å². The van der Waals surface area contributed by atoms with Gasteiger partial charge < -0.3 is 5.73 Å². The number of hydrogen-bond acceptors (Lipinski definition) is 1. The third-order valence-electron chi connectivity index (χ3n) is 3.66. The summed E-state index contributed by atoms with van der Waals surface area (Å²) in [5.41, 5.74) is 8.96. The maximum atomic E-state index is 6.26. The molecule has 1 rings (SSSR count). The van der Waals surface area contributed by atoms with Crippen LogP contribution in [0.15, 0.2) is 24.3 Å². The molecule has 0 heterocycles. The normalized spacial score (nSPS) is 12.6. The third-order valence-corrected chi connectivity index (χ3v) is 3.66. The highest BCUT2D eigenvalue weighted by atomic mass is 14.6. The van der Waals surface area contributed by atoms with Crippen molar-refractivity contribution in [3.8, 4) is 0 Å². The van der Waals surface area contributed by atoms with Crippen molar-refractivity contribution in [1.29, 1.82) is 0 Å². The first kappa shape index (κ1) is 15.2. The summed E-state index contributed by atoms with van der Waals surface area (Å²) in [6, 6.07) is 8.97. The summed E-state index contributed by atoms with van der Waals surface area (Å²) in [4.78, 5) is 0. The monoisotopic (exact) mass is 247 g/mol. The molecule has 1 unspecified atom stereocenters. The van der Waals surface area contributed by atoms with Crippen LogP contribution in [0.4, 0.5) is 0 Å². The van der Waals surface area contributed by atoms with Crippen molar-refractivity contribution in [3.05, 3.63) is 35.4 Å². The third kappa shape index (κ3) is 5.68. The number of hydrogen-bond donors (Lipinski definition) is 1. The van der Waals surface area contributed by atoms with E-state index >= 15 is 0 Å². The molecule has 1 aromatic rings. The standard InChI is InChI=1S/C17H29N/c1-3-5-6-7-8-9-13-17(18)16-12-10-11-15(4-2)14-16/h10-12,14,17H,3-9,13,18H2,1-2H3. The molecular weight excluding hydrogens is 218 g/mol. The smallest absolute Gasteiger partial charge is 0.0294 e. The van der Waals surface area contributed by atoms with Crippen LogP contribution in [-0.4, -0.2) is 0 Å². The van der Waals surface area contributed by atoms with Crippen LogP contribution < -0.4 is 5.73 Å². The molecule has 102 valence electrons. The molecule has 2 N–H and O–H groups in total. The minimum absolute atomic E-state index is 0.225. The minimum Gasteiger partial charge on any atom is -0.324 e. The summed E-state index contributed by atoms with van der Waals surface area (Å²) in [7, 11) is 0. The molecule has 0 radical (unpaired) electrons. The lowest BCUT2D eigenvalue weighted by atomic mass is 9.98. The van der Waals surface area contributed by atoms with Gasteiger partial charge in [-0.2, -0.15) is 0 Å². The Morgan fingerprint density at radius 3 is 2.44 bits per heavy atom. The highest BCUT2D eigenvalue weighted by Crippen LogP contribution is 2.19. The van der Waals surface area contributed by atoms with Gasteiger partial charge >= 0.3 is 0 Å². The van der Waals surface area contributed by atoms with Gasteiger partial charge in [0.15, 0.2) is 0 Å². The molecule has 1 heteroatoms. The number of rotatable bonds is 9. The van der Waals surface area contributed by atoms with Gasteiger partial charge in [0.25, 0.3) is 0 Å². The van der Waals surface area contributed by atoms with Gasteiger partial charge in [0.05, 0.1) is 0 Å². The van der Waals surface area contributed by atoms with Crippen molar-refractivity contribution in [2.24, 2.45) is 5.73 Å². The van der Waals surface area contributed by atoms with Crippen molar-refractivity contribution in [1.82, 2.24) is 0 Å². The molecular formula is C17H29N. The molecule has 0 aliphatic carbocycles.